The lowest BCUT2D eigenvalue weighted by molar-refractivity contribution is 0.0714. The van der Waals surface area contributed by atoms with Crippen LogP contribution < -0.4 is 9.64 Å². The van der Waals surface area contributed by atoms with E-state index in [1.54, 1.807) is 13.1 Å². The van der Waals surface area contributed by atoms with Gasteiger partial charge in [-0.1, -0.05) is 6.07 Å². The van der Waals surface area contributed by atoms with Crippen molar-refractivity contribution in [2.24, 2.45) is 0 Å². The standard InChI is InChI=1S/C23H26FN3O4/c1-13-7-17-21(19(10-28)26(2)23(17)29)25-22(13)27-6-5-20(18(24)9-27)31-16-4-3-14-11-30-12-15(14)8-16/h3-4,7-8,18-20,28H,5-6,9-12H2,1-2H3/t18-,19+,20-/m1/s1. The lowest BCUT2D eigenvalue weighted by Gasteiger charge is -2.36. The van der Waals surface area contributed by atoms with E-state index in [1.165, 1.54) is 4.90 Å². The van der Waals surface area contributed by atoms with Gasteiger partial charge in [-0.2, -0.15) is 0 Å². The summed E-state index contributed by atoms with van der Waals surface area (Å²) in [4.78, 5) is 20.5. The molecule has 4 heterocycles. The average Bonchev–Trinajstić information content (AvgIpc) is 3.31. The summed E-state index contributed by atoms with van der Waals surface area (Å²) in [6, 6.07) is 7.13. The number of amides is 1. The zero-order chi connectivity index (χ0) is 21.7. The molecule has 164 valence electrons. The van der Waals surface area contributed by atoms with E-state index in [0.717, 1.165) is 16.7 Å². The summed E-state index contributed by atoms with van der Waals surface area (Å²) in [7, 11) is 1.66. The Morgan fingerprint density at radius 3 is 2.87 bits per heavy atom. The highest BCUT2D eigenvalue weighted by molar-refractivity contribution is 5.99. The topological polar surface area (TPSA) is 75.1 Å². The van der Waals surface area contributed by atoms with E-state index >= 15 is 4.39 Å². The summed E-state index contributed by atoms with van der Waals surface area (Å²) in [5.74, 6) is 1.19. The largest absolute Gasteiger partial charge is 0.487 e. The molecular weight excluding hydrogens is 401 g/mol. The maximum absolute atomic E-state index is 15.1. The van der Waals surface area contributed by atoms with Crippen LogP contribution in [0.5, 0.6) is 5.75 Å². The lowest BCUT2D eigenvalue weighted by atomic mass is 10.0. The molecular formula is C23H26FN3O4. The summed E-state index contributed by atoms with van der Waals surface area (Å²) in [5, 5.41) is 9.71. The highest BCUT2D eigenvalue weighted by Gasteiger charge is 2.38. The van der Waals surface area contributed by atoms with Gasteiger partial charge in [0.1, 0.15) is 17.7 Å². The minimum Gasteiger partial charge on any atom is -0.487 e. The molecule has 0 radical (unpaired) electrons. The van der Waals surface area contributed by atoms with E-state index in [-0.39, 0.29) is 19.1 Å². The fraction of sp³-hybridized carbons (Fsp3) is 0.478. The van der Waals surface area contributed by atoms with Crippen LogP contribution in [-0.4, -0.2) is 59.9 Å². The number of carbonyl (C=O) groups excluding carboxylic acids is 1. The number of ether oxygens (including phenoxy) is 2. The van der Waals surface area contributed by atoms with Gasteiger partial charge in [0, 0.05) is 20.0 Å². The van der Waals surface area contributed by atoms with Gasteiger partial charge in [-0.25, -0.2) is 9.37 Å². The molecule has 3 aliphatic heterocycles. The van der Waals surface area contributed by atoms with Crippen molar-refractivity contribution in [1.29, 1.82) is 0 Å². The molecule has 3 atom stereocenters. The Kier molecular flexibility index (Phi) is 5.06. The predicted octanol–water partition coefficient (Wildman–Crippen LogP) is 2.54. The van der Waals surface area contributed by atoms with Crippen molar-refractivity contribution < 1.29 is 23.8 Å². The van der Waals surface area contributed by atoms with Gasteiger partial charge in [0.2, 0.25) is 0 Å². The molecule has 1 aromatic heterocycles. The van der Waals surface area contributed by atoms with Gasteiger partial charge in [0.05, 0.1) is 43.7 Å². The van der Waals surface area contributed by atoms with Crippen molar-refractivity contribution in [3.05, 3.63) is 52.2 Å². The molecule has 0 spiro atoms. The van der Waals surface area contributed by atoms with Gasteiger partial charge in [0.25, 0.3) is 5.91 Å². The van der Waals surface area contributed by atoms with Crippen LogP contribution in [-0.2, 0) is 18.0 Å². The summed E-state index contributed by atoms with van der Waals surface area (Å²) in [6.07, 6.45) is -1.18. The second kappa shape index (κ2) is 7.76. The van der Waals surface area contributed by atoms with Crippen LogP contribution in [0, 0.1) is 6.92 Å². The number of halogens is 1. The molecule has 1 fully saturated rings. The van der Waals surface area contributed by atoms with Gasteiger partial charge in [-0.15, -0.1) is 0 Å². The number of fused-ring (bicyclic) bond motifs is 2. The smallest absolute Gasteiger partial charge is 0.256 e. The third kappa shape index (κ3) is 3.43. The van der Waals surface area contributed by atoms with E-state index in [1.807, 2.05) is 30.0 Å². The van der Waals surface area contributed by atoms with Crippen molar-refractivity contribution in [2.75, 3.05) is 31.6 Å². The molecule has 7 nitrogen and oxygen atoms in total. The van der Waals surface area contributed by atoms with Crippen LogP contribution in [0.3, 0.4) is 0 Å². The molecule has 0 unspecified atom stereocenters. The number of hydrogen-bond acceptors (Lipinski definition) is 6. The molecule has 0 aliphatic carbocycles. The van der Waals surface area contributed by atoms with Crippen LogP contribution in [0.1, 0.15) is 45.2 Å². The number of carbonyl (C=O) groups is 1. The van der Waals surface area contributed by atoms with Gasteiger partial charge >= 0.3 is 0 Å². The Morgan fingerprint density at radius 1 is 1.29 bits per heavy atom. The molecule has 1 N–H and O–H groups in total. The second-order valence-electron chi connectivity index (χ2n) is 8.51. The molecule has 3 aliphatic rings. The van der Waals surface area contributed by atoms with Gasteiger partial charge in [-0.3, -0.25) is 4.79 Å². The van der Waals surface area contributed by atoms with E-state index in [0.29, 0.717) is 49.0 Å². The first-order valence-electron chi connectivity index (χ1n) is 10.6. The van der Waals surface area contributed by atoms with Crippen molar-refractivity contribution in [3.8, 4) is 5.75 Å². The fourth-order valence-electron chi connectivity index (χ4n) is 4.69. The summed E-state index contributed by atoms with van der Waals surface area (Å²) in [6.45, 7) is 3.63. The SMILES string of the molecule is Cc1cc2c(nc1N1CC[C@@H](Oc3ccc4c(c3)COC4)[C@H](F)C1)[C@H](CO)N(C)C2=O. The number of nitrogens with zero attached hydrogens (tertiary/aromatic N) is 3. The Balaban J connectivity index is 1.32. The molecule has 8 heteroatoms. The third-order valence-corrected chi connectivity index (χ3v) is 6.48. The quantitative estimate of drug-likeness (QED) is 0.808. The summed E-state index contributed by atoms with van der Waals surface area (Å²) < 4.78 is 26.5. The number of likely N-dealkylation sites (N-methyl/N-ethyl adjacent to an activating group) is 1. The molecule has 2 aromatic rings. The Hall–Kier alpha value is -2.71. The molecule has 31 heavy (non-hydrogen) atoms. The van der Waals surface area contributed by atoms with Crippen molar-refractivity contribution >= 4 is 11.7 Å². The van der Waals surface area contributed by atoms with Gasteiger partial charge in [0.15, 0.2) is 6.17 Å². The number of aromatic nitrogens is 1. The van der Waals surface area contributed by atoms with Crippen LogP contribution in [0.2, 0.25) is 0 Å². The Bertz CT molecular complexity index is 1030. The number of aliphatic hydroxyl groups is 1. The van der Waals surface area contributed by atoms with Crippen molar-refractivity contribution in [1.82, 2.24) is 9.88 Å². The number of pyridine rings is 1. The van der Waals surface area contributed by atoms with Crippen LogP contribution in [0.25, 0.3) is 0 Å². The molecule has 5 rings (SSSR count). The Morgan fingerprint density at radius 2 is 2.10 bits per heavy atom. The van der Waals surface area contributed by atoms with Crippen LogP contribution in [0.4, 0.5) is 10.2 Å². The first-order chi connectivity index (χ1) is 15.0. The molecule has 0 saturated carbocycles. The van der Waals surface area contributed by atoms with Crippen molar-refractivity contribution in [2.45, 2.75) is 44.9 Å². The predicted molar refractivity (Wildman–Crippen MR) is 112 cm³/mol. The maximum Gasteiger partial charge on any atom is 0.256 e. The average molecular weight is 427 g/mol. The normalized spacial score (nSPS) is 25.0. The fourth-order valence-corrected chi connectivity index (χ4v) is 4.69. The van der Waals surface area contributed by atoms with E-state index in [2.05, 4.69) is 0 Å². The number of benzene rings is 1. The third-order valence-electron chi connectivity index (χ3n) is 6.48. The lowest BCUT2D eigenvalue weighted by Crippen LogP contribution is -2.47. The van der Waals surface area contributed by atoms with Crippen LogP contribution >= 0.6 is 0 Å². The zero-order valence-electron chi connectivity index (χ0n) is 17.7. The number of piperidine rings is 1. The summed E-state index contributed by atoms with van der Waals surface area (Å²) in [5.41, 5.74) is 4.15. The molecule has 0 bridgehead atoms. The monoisotopic (exact) mass is 427 g/mol. The van der Waals surface area contributed by atoms with E-state index in [9.17, 15) is 9.90 Å². The minimum absolute atomic E-state index is 0.147. The first kappa shape index (κ1) is 20.2. The number of hydrogen-bond donors (Lipinski definition) is 1. The number of anilines is 1. The first-order valence-corrected chi connectivity index (χ1v) is 10.6. The molecule has 1 amide bonds. The minimum atomic E-state index is -1.18. The maximum atomic E-state index is 15.1. The highest BCUT2D eigenvalue weighted by Crippen LogP contribution is 2.35. The van der Waals surface area contributed by atoms with Gasteiger partial charge < -0.3 is 24.4 Å². The number of alkyl halides is 1. The van der Waals surface area contributed by atoms with Crippen molar-refractivity contribution in [3.63, 3.8) is 0 Å². The highest BCUT2D eigenvalue weighted by atomic mass is 19.1. The number of aliphatic hydroxyl groups excluding tert-OH is 1. The zero-order valence-corrected chi connectivity index (χ0v) is 17.7. The second-order valence-corrected chi connectivity index (χ2v) is 8.51. The number of rotatable bonds is 4. The van der Waals surface area contributed by atoms with Gasteiger partial charge in [-0.05, 0) is 41.8 Å². The molecule has 1 saturated heterocycles. The van der Waals surface area contributed by atoms with E-state index < -0.39 is 18.3 Å². The van der Waals surface area contributed by atoms with Crippen LogP contribution in [0.15, 0.2) is 24.3 Å². The summed E-state index contributed by atoms with van der Waals surface area (Å²) >= 11 is 0. The molecule has 1 aromatic carbocycles. The number of aryl methyl sites for hydroxylation is 1. The Labute approximate surface area is 180 Å². The van der Waals surface area contributed by atoms with E-state index in [4.69, 9.17) is 14.5 Å².